The van der Waals surface area contributed by atoms with Gasteiger partial charge < -0.3 is 10.1 Å². The number of benzene rings is 2. The van der Waals surface area contributed by atoms with Gasteiger partial charge in [-0.25, -0.2) is 0 Å². The van der Waals surface area contributed by atoms with Gasteiger partial charge in [-0.3, -0.25) is 0 Å². The molecule has 0 aliphatic heterocycles. The van der Waals surface area contributed by atoms with Gasteiger partial charge in [0.05, 0.1) is 0 Å². The van der Waals surface area contributed by atoms with Crippen LogP contribution >= 0.6 is 0 Å². The molecule has 0 amide bonds. The molecule has 1 atom stereocenters. The second-order valence-corrected chi connectivity index (χ2v) is 5.64. The van der Waals surface area contributed by atoms with E-state index in [4.69, 9.17) is 4.74 Å². The summed E-state index contributed by atoms with van der Waals surface area (Å²) in [5.74, 6) is 2.28. The first kappa shape index (κ1) is 15.6. The fourth-order valence-corrected chi connectivity index (χ4v) is 2.43. The molecule has 2 aromatic carbocycles. The molecule has 0 saturated heterocycles. The monoisotopic (exact) mass is 283 g/mol. The third-order valence-electron chi connectivity index (χ3n) is 3.66. The predicted octanol–water partition coefficient (Wildman–Crippen LogP) is 5.27. The maximum atomic E-state index is 6.05. The van der Waals surface area contributed by atoms with Gasteiger partial charge in [-0.15, -0.1) is 0 Å². The molecule has 2 heteroatoms. The van der Waals surface area contributed by atoms with E-state index in [-0.39, 0.29) is 0 Å². The normalized spacial score (nSPS) is 12.4. The Hall–Kier alpha value is -1.80. The summed E-state index contributed by atoms with van der Waals surface area (Å²) in [6.45, 7) is 9.64. The highest BCUT2D eigenvalue weighted by atomic mass is 16.5. The van der Waals surface area contributed by atoms with Crippen LogP contribution in [0.15, 0.2) is 48.5 Å². The Kier molecular flexibility index (Phi) is 5.40. The van der Waals surface area contributed by atoms with Crippen molar-refractivity contribution >= 4 is 0 Å². The minimum atomic E-state index is 0.368. The summed E-state index contributed by atoms with van der Waals surface area (Å²) in [5, 5.41) is 3.41. The zero-order valence-corrected chi connectivity index (χ0v) is 13.4. The summed E-state index contributed by atoms with van der Waals surface area (Å²) in [6.07, 6.45) is 0. The van der Waals surface area contributed by atoms with Crippen LogP contribution in [0, 0.1) is 0 Å². The summed E-state index contributed by atoms with van der Waals surface area (Å²) in [6, 6.07) is 16.9. The molecule has 0 aromatic heterocycles. The lowest BCUT2D eigenvalue weighted by Gasteiger charge is -2.15. The highest BCUT2D eigenvalue weighted by molar-refractivity contribution is 5.40. The van der Waals surface area contributed by atoms with Crippen LogP contribution in [0.5, 0.6) is 11.5 Å². The highest BCUT2D eigenvalue weighted by Crippen LogP contribution is 2.30. The van der Waals surface area contributed by atoms with Gasteiger partial charge in [0, 0.05) is 6.04 Å². The van der Waals surface area contributed by atoms with E-state index < -0.39 is 0 Å². The molecule has 0 heterocycles. The zero-order chi connectivity index (χ0) is 15.2. The topological polar surface area (TPSA) is 21.3 Å². The van der Waals surface area contributed by atoms with Gasteiger partial charge in [-0.1, -0.05) is 51.1 Å². The van der Waals surface area contributed by atoms with Gasteiger partial charge in [-0.2, -0.15) is 0 Å². The van der Waals surface area contributed by atoms with Gasteiger partial charge >= 0.3 is 0 Å². The molecule has 112 valence electrons. The fraction of sp³-hybridized carbons (Fsp3) is 0.368. The lowest BCUT2D eigenvalue weighted by molar-refractivity contribution is 0.472. The van der Waals surface area contributed by atoms with Crippen molar-refractivity contribution in [1.82, 2.24) is 5.32 Å². The number of hydrogen-bond donors (Lipinski definition) is 1. The Balaban J connectivity index is 2.14. The SMILES string of the molecule is CCNC(C)c1ccc(Oc2ccccc2C(C)C)cc1. The minimum absolute atomic E-state index is 0.368. The van der Waals surface area contributed by atoms with Gasteiger partial charge in [0.25, 0.3) is 0 Å². The second kappa shape index (κ2) is 7.28. The van der Waals surface area contributed by atoms with Gasteiger partial charge in [0.2, 0.25) is 0 Å². The molecular formula is C19H25NO. The van der Waals surface area contributed by atoms with Crippen molar-refractivity contribution in [1.29, 1.82) is 0 Å². The molecule has 0 saturated carbocycles. The molecule has 2 rings (SSSR count). The maximum absolute atomic E-state index is 6.05. The molecule has 0 aliphatic rings. The van der Waals surface area contributed by atoms with Crippen LogP contribution in [-0.4, -0.2) is 6.54 Å². The van der Waals surface area contributed by atoms with Crippen LogP contribution in [0.3, 0.4) is 0 Å². The van der Waals surface area contributed by atoms with E-state index in [9.17, 15) is 0 Å². The molecule has 0 bridgehead atoms. The van der Waals surface area contributed by atoms with Crippen LogP contribution in [0.1, 0.15) is 50.8 Å². The number of hydrogen-bond acceptors (Lipinski definition) is 2. The van der Waals surface area contributed by atoms with Gasteiger partial charge in [0.1, 0.15) is 11.5 Å². The quantitative estimate of drug-likeness (QED) is 0.779. The standard InChI is InChI=1S/C19H25NO/c1-5-20-15(4)16-10-12-17(13-11-16)21-19-9-7-6-8-18(19)14(2)3/h6-15,20H,5H2,1-4H3. The average Bonchev–Trinajstić information content (AvgIpc) is 2.48. The molecule has 2 nitrogen and oxygen atoms in total. The van der Waals surface area contributed by atoms with E-state index in [1.807, 2.05) is 24.3 Å². The summed E-state index contributed by atoms with van der Waals surface area (Å²) >= 11 is 0. The van der Waals surface area contributed by atoms with Crippen molar-refractivity contribution in [3.63, 3.8) is 0 Å². The number of nitrogens with one attached hydrogen (secondary N) is 1. The molecule has 0 radical (unpaired) electrons. The summed E-state index contributed by atoms with van der Waals surface area (Å²) < 4.78 is 6.05. The van der Waals surface area contributed by atoms with Crippen LogP contribution in [0.25, 0.3) is 0 Å². The van der Waals surface area contributed by atoms with E-state index in [2.05, 4.69) is 57.3 Å². The van der Waals surface area contributed by atoms with E-state index in [0.717, 1.165) is 18.0 Å². The van der Waals surface area contributed by atoms with Crippen molar-refractivity contribution in [2.24, 2.45) is 0 Å². The third-order valence-corrected chi connectivity index (χ3v) is 3.66. The van der Waals surface area contributed by atoms with Crippen LogP contribution in [-0.2, 0) is 0 Å². The molecule has 21 heavy (non-hydrogen) atoms. The highest BCUT2D eigenvalue weighted by Gasteiger charge is 2.08. The minimum Gasteiger partial charge on any atom is -0.457 e. The fourth-order valence-electron chi connectivity index (χ4n) is 2.43. The molecular weight excluding hydrogens is 258 g/mol. The average molecular weight is 283 g/mol. The lowest BCUT2D eigenvalue weighted by atomic mass is 10.0. The van der Waals surface area contributed by atoms with Crippen LogP contribution < -0.4 is 10.1 Å². The van der Waals surface area contributed by atoms with Crippen molar-refractivity contribution in [2.45, 2.75) is 39.7 Å². The van der Waals surface area contributed by atoms with Crippen molar-refractivity contribution in [3.05, 3.63) is 59.7 Å². The lowest BCUT2D eigenvalue weighted by Crippen LogP contribution is -2.17. The first-order valence-electron chi connectivity index (χ1n) is 7.72. The smallest absolute Gasteiger partial charge is 0.130 e. The Morgan fingerprint density at radius 3 is 2.24 bits per heavy atom. The van der Waals surface area contributed by atoms with Gasteiger partial charge in [0.15, 0.2) is 0 Å². The van der Waals surface area contributed by atoms with Crippen molar-refractivity contribution in [3.8, 4) is 11.5 Å². The van der Waals surface area contributed by atoms with Crippen molar-refractivity contribution < 1.29 is 4.74 Å². The zero-order valence-electron chi connectivity index (χ0n) is 13.4. The van der Waals surface area contributed by atoms with Crippen LogP contribution in [0.4, 0.5) is 0 Å². The van der Waals surface area contributed by atoms with Gasteiger partial charge in [-0.05, 0) is 48.7 Å². The number of ether oxygens (including phenoxy) is 1. The van der Waals surface area contributed by atoms with E-state index in [1.165, 1.54) is 11.1 Å². The maximum Gasteiger partial charge on any atom is 0.130 e. The summed E-state index contributed by atoms with van der Waals surface area (Å²) in [4.78, 5) is 0. The molecule has 1 unspecified atom stereocenters. The predicted molar refractivity (Wildman–Crippen MR) is 89.1 cm³/mol. The number of para-hydroxylation sites is 1. The van der Waals surface area contributed by atoms with E-state index >= 15 is 0 Å². The summed E-state index contributed by atoms with van der Waals surface area (Å²) in [7, 11) is 0. The molecule has 1 N–H and O–H groups in total. The Bertz CT molecular complexity index is 560. The third kappa shape index (κ3) is 4.08. The first-order chi connectivity index (χ1) is 10.1. The molecule has 0 fully saturated rings. The van der Waals surface area contributed by atoms with E-state index in [1.54, 1.807) is 0 Å². The summed E-state index contributed by atoms with van der Waals surface area (Å²) in [5.41, 5.74) is 2.52. The molecule has 0 aliphatic carbocycles. The second-order valence-electron chi connectivity index (χ2n) is 5.64. The first-order valence-corrected chi connectivity index (χ1v) is 7.72. The molecule has 2 aromatic rings. The molecule has 0 spiro atoms. The van der Waals surface area contributed by atoms with Crippen LogP contribution in [0.2, 0.25) is 0 Å². The van der Waals surface area contributed by atoms with Crippen molar-refractivity contribution in [2.75, 3.05) is 6.54 Å². The Labute approximate surface area is 128 Å². The largest absolute Gasteiger partial charge is 0.457 e. The van der Waals surface area contributed by atoms with E-state index in [0.29, 0.717) is 12.0 Å². The number of rotatable bonds is 6. The Morgan fingerprint density at radius 1 is 0.952 bits per heavy atom. The Morgan fingerprint density at radius 2 is 1.62 bits per heavy atom.